The summed E-state index contributed by atoms with van der Waals surface area (Å²) in [6.45, 7) is 1.75. The van der Waals surface area contributed by atoms with Crippen LogP contribution >= 0.6 is 0 Å². The van der Waals surface area contributed by atoms with Gasteiger partial charge in [0, 0.05) is 12.6 Å². The molecule has 3 rings (SSSR count). The van der Waals surface area contributed by atoms with E-state index in [-0.39, 0.29) is 5.56 Å². The van der Waals surface area contributed by atoms with Gasteiger partial charge in [0.05, 0.1) is 11.9 Å². The largest absolute Gasteiger partial charge is 0.427 e. The van der Waals surface area contributed by atoms with Crippen LogP contribution in [0.2, 0.25) is 0 Å². The Hall–Kier alpha value is -3.21. The first-order valence-corrected chi connectivity index (χ1v) is 8.52. The van der Waals surface area contributed by atoms with Crippen LogP contribution in [0.25, 0.3) is 0 Å². The third-order valence-electron chi connectivity index (χ3n) is 4.08. The lowest BCUT2D eigenvalue weighted by Crippen LogP contribution is -2.23. The van der Waals surface area contributed by atoms with Gasteiger partial charge >= 0.3 is 5.63 Å². The maximum atomic E-state index is 12.4. The first-order chi connectivity index (χ1) is 12.6. The molecule has 0 aliphatic rings. The average molecular weight is 348 g/mol. The minimum atomic E-state index is -0.610. The number of rotatable bonds is 6. The number of nitrogens with one attached hydrogen (secondary N) is 1. The van der Waals surface area contributed by atoms with Crippen LogP contribution in [0, 0.1) is 6.92 Å². The highest BCUT2D eigenvalue weighted by Gasteiger charge is 2.17. The number of hydrogen-bond donors (Lipinski definition) is 1. The SMILES string of the molecule is Cc1cc(CCCc2ccccc2)oc(=O)c1C(=O)Nc1cccnc1. The second-order valence-electron chi connectivity index (χ2n) is 6.09. The van der Waals surface area contributed by atoms with E-state index in [1.165, 1.54) is 11.8 Å². The Morgan fingerprint density at radius 1 is 1.12 bits per heavy atom. The zero-order valence-corrected chi connectivity index (χ0v) is 14.6. The molecule has 3 aromatic rings. The average Bonchev–Trinajstić information content (AvgIpc) is 2.63. The predicted molar refractivity (Wildman–Crippen MR) is 100 cm³/mol. The number of aryl methyl sites for hydroxylation is 3. The fourth-order valence-corrected chi connectivity index (χ4v) is 2.81. The molecule has 2 aromatic heterocycles. The molecule has 0 bridgehead atoms. The lowest BCUT2D eigenvalue weighted by molar-refractivity contribution is 0.102. The van der Waals surface area contributed by atoms with E-state index in [0.717, 1.165) is 12.8 Å². The van der Waals surface area contributed by atoms with Gasteiger partial charge in [0.2, 0.25) is 0 Å². The number of carbonyl (C=O) groups excluding carboxylic acids is 1. The molecule has 0 fully saturated rings. The lowest BCUT2D eigenvalue weighted by Gasteiger charge is -2.08. The second kappa shape index (κ2) is 8.25. The van der Waals surface area contributed by atoms with Gasteiger partial charge in [-0.3, -0.25) is 9.78 Å². The molecule has 5 heteroatoms. The molecule has 5 nitrogen and oxygen atoms in total. The summed E-state index contributed by atoms with van der Waals surface area (Å²) in [5.41, 5.74) is 1.81. The van der Waals surface area contributed by atoms with Gasteiger partial charge in [0.15, 0.2) is 0 Å². The van der Waals surface area contributed by atoms with Gasteiger partial charge < -0.3 is 9.73 Å². The van der Waals surface area contributed by atoms with Crippen LogP contribution in [0.1, 0.15) is 33.7 Å². The zero-order valence-electron chi connectivity index (χ0n) is 14.6. The number of pyridine rings is 1. The summed E-state index contributed by atoms with van der Waals surface area (Å²) in [6, 6.07) is 15.3. The van der Waals surface area contributed by atoms with E-state index in [1.807, 2.05) is 18.2 Å². The summed E-state index contributed by atoms with van der Waals surface area (Å²) in [4.78, 5) is 28.6. The quantitative estimate of drug-likeness (QED) is 0.736. The Bertz CT molecular complexity index is 934. The van der Waals surface area contributed by atoms with E-state index in [2.05, 4.69) is 22.4 Å². The summed E-state index contributed by atoms with van der Waals surface area (Å²) in [5, 5.41) is 2.66. The van der Waals surface area contributed by atoms with Gasteiger partial charge in [-0.05, 0) is 49.1 Å². The molecule has 1 aromatic carbocycles. The zero-order chi connectivity index (χ0) is 18.4. The molecular formula is C21H20N2O3. The number of nitrogens with zero attached hydrogens (tertiary/aromatic N) is 1. The molecule has 0 saturated carbocycles. The Labute approximate surface area is 151 Å². The van der Waals surface area contributed by atoms with E-state index >= 15 is 0 Å². The number of aromatic nitrogens is 1. The molecule has 1 amide bonds. The van der Waals surface area contributed by atoms with E-state index in [0.29, 0.717) is 23.4 Å². The van der Waals surface area contributed by atoms with Crippen LogP contribution in [0.3, 0.4) is 0 Å². The molecule has 26 heavy (non-hydrogen) atoms. The number of anilines is 1. The van der Waals surface area contributed by atoms with Crippen molar-refractivity contribution in [3.05, 3.63) is 93.8 Å². The van der Waals surface area contributed by atoms with Gasteiger partial charge in [-0.2, -0.15) is 0 Å². The summed E-state index contributed by atoms with van der Waals surface area (Å²) < 4.78 is 5.35. The predicted octanol–water partition coefficient (Wildman–Crippen LogP) is 3.77. The topological polar surface area (TPSA) is 72.2 Å². The second-order valence-corrected chi connectivity index (χ2v) is 6.09. The minimum absolute atomic E-state index is 0.0284. The molecule has 0 aliphatic heterocycles. The van der Waals surface area contributed by atoms with Crippen molar-refractivity contribution in [2.75, 3.05) is 5.32 Å². The summed E-state index contributed by atoms with van der Waals surface area (Å²) in [5.74, 6) is 0.112. The monoisotopic (exact) mass is 348 g/mol. The van der Waals surface area contributed by atoms with Gasteiger partial charge in [-0.1, -0.05) is 30.3 Å². The van der Waals surface area contributed by atoms with Crippen molar-refractivity contribution in [1.29, 1.82) is 0 Å². The third-order valence-corrected chi connectivity index (χ3v) is 4.08. The van der Waals surface area contributed by atoms with Gasteiger partial charge in [-0.25, -0.2) is 4.79 Å². The summed E-state index contributed by atoms with van der Waals surface area (Å²) in [7, 11) is 0. The van der Waals surface area contributed by atoms with Crippen LogP contribution in [0.4, 0.5) is 5.69 Å². The van der Waals surface area contributed by atoms with Gasteiger partial charge in [0.1, 0.15) is 11.3 Å². The van der Waals surface area contributed by atoms with E-state index in [9.17, 15) is 9.59 Å². The Balaban J connectivity index is 1.68. The van der Waals surface area contributed by atoms with Crippen molar-refractivity contribution in [1.82, 2.24) is 4.98 Å². The van der Waals surface area contributed by atoms with Crippen molar-refractivity contribution in [3.8, 4) is 0 Å². The van der Waals surface area contributed by atoms with E-state index in [4.69, 9.17) is 4.42 Å². The third kappa shape index (κ3) is 4.45. The Morgan fingerprint density at radius 3 is 2.62 bits per heavy atom. The highest BCUT2D eigenvalue weighted by atomic mass is 16.4. The van der Waals surface area contributed by atoms with Crippen LogP contribution in [0.15, 0.2) is 70.1 Å². The Kier molecular flexibility index (Phi) is 5.59. The normalized spacial score (nSPS) is 10.5. The maximum absolute atomic E-state index is 12.4. The van der Waals surface area contributed by atoms with Gasteiger partial charge in [0.25, 0.3) is 5.91 Å². The molecule has 0 radical (unpaired) electrons. The fourth-order valence-electron chi connectivity index (χ4n) is 2.81. The highest BCUT2D eigenvalue weighted by molar-refractivity contribution is 6.04. The molecule has 0 aliphatic carbocycles. The van der Waals surface area contributed by atoms with Gasteiger partial charge in [-0.15, -0.1) is 0 Å². The van der Waals surface area contributed by atoms with E-state index in [1.54, 1.807) is 31.3 Å². The van der Waals surface area contributed by atoms with Crippen LogP contribution in [-0.2, 0) is 12.8 Å². The van der Waals surface area contributed by atoms with E-state index < -0.39 is 11.5 Å². The Morgan fingerprint density at radius 2 is 1.92 bits per heavy atom. The summed E-state index contributed by atoms with van der Waals surface area (Å²) >= 11 is 0. The molecule has 0 spiro atoms. The summed E-state index contributed by atoms with van der Waals surface area (Å²) in [6.07, 6.45) is 5.56. The van der Waals surface area contributed by atoms with Crippen LogP contribution < -0.4 is 10.9 Å². The van der Waals surface area contributed by atoms with Crippen LogP contribution in [-0.4, -0.2) is 10.9 Å². The number of carbonyl (C=O) groups is 1. The molecule has 0 atom stereocenters. The molecular weight excluding hydrogens is 328 g/mol. The van der Waals surface area contributed by atoms with Crippen molar-refractivity contribution in [3.63, 3.8) is 0 Å². The maximum Gasteiger partial charge on any atom is 0.349 e. The first-order valence-electron chi connectivity index (χ1n) is 8.52. The molecule has 2 heterocycles. The fraction of sp³-hybridized carbons (Fsp3) is 0.190. The molecule has 0 unspecified atom stereocenters. The minimum Gasteiger partial charge on any atom is -0.427 e. The number of hydrogen-bond acceptors (Lipinski definition) is 4. The molecule has 1 N–H and O–H groups in total. The van der Waals surface area contributed by atoms with Crippen molar-refractivity contribution >= 4 is 11.6 Å². The van der Waals surface area contributed by atoms with Crippen molar-refractivity contribution in [2.45, 2.75) is 26.2 Å². The lowest BCUT2D eigenvalue weighted by atomic mass is 10.1. The smallest absolute Gasteiger partial charge is 0.349 e. The van der Waals surface area contributed by atoms with Crippen LogP contribution in [0.5, 0.6) is 0 Å². The highest BCUT2D eigenvalue weighted by Crippen LogP contribution is 2.13. The van der Waals surface area contributed by atoms with Crippen molar-refractivity contribution in [2.24, 2.45) is 0 Å². The number of amides is 1. The molecule has 132 valence electrons. The van der Waals surface area contributed by atoms with Crippen molar-refractivity contribution < 1.29 is 9.21 Å². The standard InChI is InChI=1S/C21H20N2O3/c1-15-13-18(11-5-9-16-7-3-2-4-8-16)26-21(25)19(15)20(24)23-17-10-6-12-22-14-17/h2-4,6-8,10,12-14H,5,9,11H2,1H3,(H,23,24). The number of benzene rings is 1. The first kappa shape index (κ1) is 17.6. The molecule has 0 saturated heterocycles.